The molecule has 162 valence electrons. The third kappa shape index (κ3) is 7.86. The van der Waals surface area contributed by atoms with Gasteiger partial charge in [0.1, 0.15) is 18.0 Å². The van der Waals surface area contributed by atoms with Gasteiger partial charge < -0.3 is 14.2 Å². The van der Waals surface area contributed by atoms with Crippen molar-refractivity contribution in [3.63, 3.8) is 0 Å². The number of ketones is 1. The maximum absolute atomic E-state index is 12.8. The molecule has 1 fully saturated rings. The highest BCUT2D eigenvalue weighted by Crippen LogP contribution is 2.28. The van der Waals surface area contributed by atoms with Crippen molar-refractivity contribution in [2.45, 2.75) is 65.2 Å². The number of ether oxygens (including phenoxy) is 3. The Morgan fingerprint density at radius 3 is 2.41 bits per heavy atom. The average Bonchev–Trinajstić information content (AvgIpc) is 3.00. The number of likely N-dealkylation sites (tertiary alicyclic amines) is 1. The summed E-state index contributed by atoms with van der Waals surface area (Å²) in [6.45, 7) is 11.8. The zero-order valence-electron chi connectivity index (χ0n) is 18.2. The molecule has 0 saturated carbocycles. The molecule has 7 heteroatoms. The van der Waals surface area contributed by atoms with Crippen LogP contribution in [-0.4, -0.2) is 53.8 Å². The first-order chi connectivity index (χ1) is 13.3. The number of nitrogens with zero attached hydrogens (tertiary/aromatic N) is 1. The number of Topliss-reactive ketones (excluding diaryl/α,β-unsaturated/α-hetero) is 1. The number of amides is 1. The first kappa shape index (κ1) is 23.5. The van der Waals surface area contributed by atoms with Gasteiger partial charge in [0, 0.05) is 17.5 Å². The van der Waals surface area contributed by atoms with Crippen LogP contribution in [0.25, 0.3) is 0 Å². The minimum Gasteiger partial charge on any atom is -0.493 e. The largest absolute Gasteiger partial charge is 0.493 e. The number of halogens is 1. The van der Waals surface area contributed by atoms with E-state index >= 15 is 0 Å². The second-order valence-electron chi connectivity index (χ2n) is 9.39. The molecule has 0 bridgehead atoms. The van der Waals surface area contributed by atoms with Gasteiger partial charge in [-0.25, -0.2) is 4.79 Å². The number of benzene rings is 1. The summed E-state index contributed by atoms with van der Waals surface area (Å²) < 4.78 is 17.0. The Labute approximate surface area is 178 Å². The van der Waals surface area contributed by atoms with Crippen molar-refractivity contribution >= 4 is 23.5 Å². The van der Waals surface area contributed by atoms with Crippen LogP contribution in [-0.2, 0) is 14.3 Å². The Morgan fingerprint density at radius 1 is 1.14 bits per heavy atom. The summed E-state index contributed by atoms with van der Waals surface area (Å²) in [6, 6.07) is 6.57. The van der Waals surface area contributed by atoms with E-state index in [0.717, 1.165) is 0 Å². The monoisotopic (exact) mass is 425 g/mol. The summed E-state index contributed by atoms with van der Waals surface area (Å²) in [4.78, 5) is 27.0. The molecule has 1 aromatic carbocycles. The number of carbonyl (C=O) groups is 2. The van der Waals surface area contributed by atoms with E-state index in [4.69, 9.17) is 25.8 Å². The van der Waals surface area contributed by atoms with E-state index in [-0.39, 0.29) is 18.3 Å². The molecule has 1 aliphatic rings. The predicted octanol–water partition coefficient (Wildman–Crippen LogP) is 4.73. The van der Waals surface area contributed by atoms with Crippen molar-refractivity contribution in [3.8, 4) is 5.75 Å². The molecule has 1 aliphatic heterocycles. The second kappa shape index (κ2) is 9.35. The van der Waals surface area contributed by atoms with Gasteiger partial charge in [-0.1, -0.05) is 17.7 Å². The zero-order valence-corrected chi connectivity index (χ0v) is 18.9. The maximum Gasteiger partial charge on any atom is 0.410 e. The van der Waals surface area contributed by atoms with Gasteiger partial charge in [0.15, 0.2) is 5.78 Å². The number of hydrogen-bond donors (Lipinski definition) is 0. The van der Waals surface area contributed by atoms with Crippen LogP contribution in [0, 0.1) is 5.92 Å². The van der Waals surface area contributed by atoms with E-state index in [2.05, 4.69) is 0 Å². The lowest BCUT2D eigenvalue weighted by molar-refractivity contribution is -0.132. The van der Waals surface area contributed by atoms with Crippen LogP contribution in [0.3, 0.4) is 0 Å². The standard InChI is InChI=1S/C22H32ClNO5/c1-21(2,3)28-14-19(25)18-10-15(12-24(18)20(26)29-22(4,5)6)13-27-17-9-7-8-16(23)11-17/h7-9,11,15,18H,10,12-14H2,1-6H3/t15-,18-/m0/s1. The quantitative estimate of drug-likeness (QED) is 0.659. The number of carbonyl (C=O) groups excluding carboxylic acids is 2. The molecule has 1 amide bonds. The summed E-state index contributed by atoms with van der Waals surface area (Å²) >= 11 is 5.99. The fourth-order valence-electron chi connectivity index (χ4n) is 3.03. The van der Waals surface area contributed by atoms with E-state index < -0.39 is 23.3 Å². The lowest BCUT2D eigenvalue weighted by Gasteiger charge is -2.28. The minimum atomic E-state index is -0.637. The molecular formula is C22H32ClNO5. The van der Waals surface area contributed by atoms with E-state index in [9.17, 15) is 9.59 Å². The van der Waals surface area contributed by atoms with Gasteiger partial charge in [-0.3, -0.25) is 9.69 Å². The van der Waals surface area contributed by atoms with E-state index in [1.807, 2.05) is 32.9 Å². The second-order valence-corrected chi connectivity index (χ2v) is 9.82. The number of rotatable bonds is 6. The average molecular weight is 426 g/mol. The molecule has 0 spiro atoms. The van der Waals surface area contributed by atoms with Crippen LogP contribution in [0.1, 0.15) is 48.0 Å². The van der Waals surface area contributed by atoms with Gasteiger partial charge >= 0.3 is 6.09 Å². The van der Waals surface area contributed by atoms with E-state index in [0.29, 0.717) is 30.3 Å². The molecular weight excluding hydrogens is 394 g/mol. The lowest BCUT2D eigenvalue weighted by atomic mass is 10.0. The molecule has 29 heavy (non-hydrogen) atoms. The normalized spacial score (nSPS) is 19.9. The Kier molecular flexibility index (Phi) is 7.57. The third-order valence-electron chi connectivity index (χ3n) is 4.32. The summed E-state index contributed by atoms with van der Waals surface area (Å²) in [5.41, 5.74) is -1.07. The van der Waals surface area contributed by atoms with Crippen LogP contribution >= 0.6 is 11.6 Å². The van der Waals surface area contributed by atoms with Crippen LogP contribution < -0.4 is 4.74 Å². The van der Waals surface area contributed by atoms with Gasteiger partial charge in [0.25, 0.3) is 0 Å². The SMILES string of the molecule is CC(C)(C)OCC(=O)[C@@H]1C[C@H](COc2cccc(Cl)c2)CN1C(=O)OC(C)(C)C. The van der Waals surface area contributed by atoms with Gasteiger partial charge in [0.05, 0.1) is 18.2 Å². The maximum atomic E-state index is 12.8. The Morgan fingerprint density at radius 2 is 1.83 bits per heavy atom. The van der Waals surface area contributed by atoms with Crippen LogP contribution in [0.5, 0.6) is 5.75 Å². The van der Waals surface area contributed by atoms with Crippen LogP contribution in [0.2, 0.25) is 5.02 Å². The highest BCUT2D eigenvalue weighted by Gasteiger charge is 2.41. The Bertz CT molecular complexity index is 723. The molecule has 0 aliphatic carbocycles. The van der Waals surface area contributed by atoms with Crippen molar-refractivity contribution in [3.05, 3.63) is 29.3 Å². The molecule has 2 atom stereocenters. The highest BCUT2D eigenvalue weighted by molar-refractivity contribution is 6.30. The molecule has 2 rings (SSSR count). The van der Waals surface area contributed by atoms with Crippen molar-refractivity contribution in [2.75, 3.05) is 19.8 Å². The van der Waals surface area contributed by atoms with Crippen molar-refractivity contribution < 1.29 is 23.8 Å². The first-order valence-corrected chi connectivity index (χ1v) is 10.3. The minimum absolute atomic E-state index is 0.00471. The molecule has 0 aromatic heterocycles. The van der Waals surface area contributed by atoms with E-state index in [1.165, 1.54) is 4.90 Å². The molecule has 6 nitrogen and oxygen atoms in total. The van der Waals surface area contributed by atoms with Crippen molar-refractivity contribution in [2.24, 2.45) is 5.92 Å². The molecule has 0 radical (unpaired) electrons. The molecule has 1 heterocycles. The topological polar surface area (TPSA) is 65.1 Å². The first-order valence-electron chi connectivity index (χ1n) is 9.89. The lowest BCUT2D eigenvalue weighted by Crippen LogP contribution is -2.45. The summed E-state index contributed by atoms with van der Waals surface area (Å²) in [5.74, 6) is 0.535. The Balaban J connectivity index is 2.06. The predicted molar refractivity (Wildman–Crippen MR) is 112 cm³/mol. The van der Waals surface area contributed by atoms with Gasteiger partial charge in [-0.2, -0.15) is 0 Å². The summed E-state index contributed by atoms with van der Waals surface area (Å²) in [6.07, 6.45) is 0.0171. The third-order valence-corrected chi connectivity index (χ3v) is 4.55. The summed E-state index contributed by atoms with van der Waals surface area (Å²) in [5, 5.41) is 0.594. The molecule has 1 aromatic rings. The molecule has 0 N–H and O–H groups in total. The van der Waals surface area contributed by atoms with Gasteiger partial charge in [-0.05, 0) is 66.2 Å². The molecule has 1 saturated heterocycles. The van der Waals surface area contributed by atoms with Crippen molar-refractivity contribution in [1.29, 1.82) is 0 Å². The van der Waals surface area contributed by atoms with E-state index in [1.54, 1.807) is 32.9 Å². The fourth-order valence-corrected chi connectivity index (χ4v) is 3.21. The highest BCUT2D eigenvalue weighted by atomic mass is 35.5. The zero-order chi connectivity index (χ0) is 21.8. The number of hydrogen-bond acceptors (Lipinski definition) is 5. The van der Waals surface area contributed by atoms with Crippen molar-refractivity contribution in [1.82, 2.24) is 4.90 Å². The van der Waals surface area contributed by atoms with Crippen LogP contribution in [0.15, 0.2) is 24.3 Å². The summed E-state index contributed by atoms with van der Waals surface area (Å²) in [7, 11) is 0. The fraction of sp³-hybridized carbons (Fsp3) is 0.636. The van der Waals surface area contributed by atoms with Gasteiger partial charge in [-0.15, -0.1) is 0 Å². The van der Waals surface area contributed by atoms with Crippen LogP contribution in [0.4, 0.5) is 4.79 Å². The Hall–Kier alpha value is -1.79. The molecule has 0 unspecified atom stereocenters. The smallest absolute Gasteiger partial charge is 0.410 e. The van der Waals surface area contributed by atoms with Gasteiger partial charge in [0.2, 0.25) is 0 Å².